The monoisotopic (exact) mass is 265 g/mol. The summed E-state index contributed by atoms with van der Waals surface area (Å²) < 4.78 is 0. The highest BCUT2D eigenvalue weighted by atomic mass is 16.2. The van der Waals surface area contributed by atoms with Gasteiger partial charge in [0.15, 0.2) is 0 Å². The summed E-state index contributed by atoms with van der Waals surface area (Å²) in [6.45, 7) is 4.86. The van der Waals surface area contributed by atoms with Crippen LogP contribution in [0.3, 0.4) is 0 Å². The number of nitrogens with zero attached hydrogens (tertiary/aromatic N) is 1. The first-order chi connectivity index (χ1) is 9.70. The zero-order chi connectivity index (χ0) is 14.1. The van der Waals surface area contributed by atoms with Gasteiger partial charge in [0.2, 0.25) is 5.91 Å². The van der Waals surface area contributed by atoms with Gasteiger partial charge in [0.05, 0.1) is 5.92 Å². The summed E-state index contributed by atoms with van der Waals surface area (Å²) in [5.74, 6) is 0.197. The number of hydrogen-bond donors (Lipinski definition) is 0. The number of rotatable bonds is 3. The molecule has 2 nitrogen and oxygen atoms in total. The Hall–Kier alpha value is -2.09. The quantitative estimate of drug-likeness (QED) is 0.829. The Balaban J connectivity index is 1.96. The van der Waals surface area contributed by atoms with Crippen LogP contribution in [0.1, 0.15) is 29.5 Å². The SMILES string of the molecule is CCN1C(=O)C(Cc2cccc(C)c2)c2ccccc21. The van der Waals surface area contributed by atoms with Gasteiger partial charge in [-0.2, -0.15) is 0 Å². The Morgan fingerprint density at radius 2 is 1.90 bits per heavy atom. The van der Waals surface area contributed by atoms with Gasteiger partial charge in [-0.1, -0.05) is 48.0 Å². The minimum Gasteiger partial charge on any atom is -0.312 e. The molecule has 0 aromatic heterocycles. The van der Waals surface area contributed by atoms with Crippen molar-refractivity contribution in [1.82, 2.24) is 0 Å². The third kappa shape index (κ3) is 2.11. The van der Waals surface area contributed by atoms with E-state index in [1.165, 1.54) is 16.7 Å². The lowest BCUT2D eigenvalue weighted by Gasteiger charge is -2.15. The van der Waals surface area contributed by atoms with Crippen molar-refractivity contribution in [2.75, 3.05) is 11.4 Å². The van der Waals surface area contributed by atoms with Crippen molar-refractivity contribution in [2.24, 2.45) is 0 Å². The summed E-state index contributed by atoms with van der Waals surface area (Å²) in [4.78, 5) is 14.5. The second kappa shape index (κ2) is 5.12. The predicted molar refractivity (Wildman–Crippen MR) is 82.1 cm³/mol. The maximum absolute atomic E-state index is 12.6. The van der Waals surface area contributed by atoms with E-state index in [0.29, 0.717) is 0 Å². The van der Waals surface area contributed by atoms with Crippen molar-refractivity contribution < 1.29 is 4.79 Å². The molecule has 2 aromatic rings. The van der Waals surface area contributed by atoms with E-state index in [2.05, 4.69) is 37.3 Å². The molecule has 2 aromatic carbocycles. The molecular weight excluding hydrogens is 246 g/mol. The van der Waals surface area contributed by atoms with Crippen LogP contribution in [0.15, 0.2) is 48.5 Å². The van der Waals surface area contributed by atoms with Gasteiger partial charge in [-0.25, -0.2) is 0 Å². The fraction of sp³-hybridized carbons (Fsp3) is 0.278. The summed E-state index contributed by atoms with van der Waals surface area (Å²) in [6, 6.07) is 16.6. The Morgan fingerprint density at radius 1 is 1.10 bits per heavy atom. The maximum atomic E-state index is 12.6. The summed E-state index contributed by atoms with van der Waals surface area (Å²) in [6.07, 6.45) is 0.786. The second-order valence-corrected chi connectivity index (χ2v) is 5.39. The minimum atomic E-state index is -0.0343. The van der Waals surface area contributed by atoms with Crippen molar-refractivity contribution in [2.45, 2.75) is 26.2 Å². The molecule has 2 heteroatoms. The first kappa shape index (κ1) is 12.9. The molecule has 0 N–H and O–H groups in total. The number of carbonyl (C=O) groups excluding carboxylic acids is 1. The van der Waals surface area contributed by atoms with Crippen LogP contribution in [0.25, 0.3) is 0 Å². The second-order valence-electron chi connectivity index (χ2n) is 5.39. The number of likely N-dealkylation sites (N-methyl/N-ethyl adjacent to an activating group) is 1. The molecule has 0 saturated heterocycles. The molecule has 3 rings (SSSR count). The Kier molecular flexibility index (Phi) is 3.31. The normalized spacial score (nSPS) is 17.4. The average Bonchev–Trinajstić information content (AvgIpc) is 2.72. The van der Waals surface area contributed by atoms with Gasteiger partial charge >= 0.3 is 0 Å². The van der Waals surface area contributed by atoms with E-state index in [-0.39, 0.29) is 11.8 Å². The molecule has 0 bridgehead atoms. The smallest absolute Gasteiger partial charge is 0.234 e. The largest absolute Gasteiger partial charge is 0.312 e. The van der Waals surface area contributed by atoms with E-state index in [1.54, 1.807) is 0 Å². The molecule has 102 valence electrons. The number of hydrogen-bond acceptors (Lipinski definition) is 1. The number of para-hydroxylation sites is 1. The van der Waals surface area contributed by atoms with Gasteiger partial charge < -0.3 is 4.90 Å². The zero-order valence-electron chi connectivity index (χ0n) is 12.0. The van der Waals surface area contributed by atoms with E-state index in [0.717, 1.165) is 18.7 Å². The Bertz CT molecular complexity index is 647. The number of benzene rings is 2. The van der Waals surface area contributed by atoms with Crippen molar-refractivity contribution in [3.05, 3.63) is 65.2 Å². The molecule has 0 fully saturated rings. The van der Waals surface area contributed by atoms with E-state index in [9.17, 15) is 4.79 Å². The van der Waals surface area contributed by atoms with Crippen molar-refractivity contribution in [3.8, 4) is 0 Å². The average molecular weight is 265 g/mol. The van der Waals surface area contributed by atoms with Crippen LogP contribution in [-0.4, -0.2) is 12.5 Å². The van der Waals surface area contributed by atoms with Crippen LogP contribution in [0.2, 0.25) is 0 Å². The van der Waals surface area contributed by atoms with Crippen LogP contribution in [0, 0.1) is 6.92 Å². The fourth-order valence-corrected chi connectivity index (χ4v) is 3.07. The molecule has 0 radical (unpaired) electrons. The highest BCUT2D eigenvalue weighted by molar-refractivity contribution is 6.05. The third-order valence-corrected chi connectivity index (χ3v) is 4.01. The Labute approximate surface area is 120 Å². The lowest BCUT2D eigenvalue weighted by Crippen LogP contribution is -2.29. The standard InChI is InChI=1S/C18H19NO/c1-3-19-17-10-5-4-9-15(17)16(18(19)20)12-14-8-6-7-13(2)11-14/h4-11,16H,3,12H2,1-2H3. The molecular formula is C18H19NO. The van der Waals surface area contributed by atoms with Gasteiger partial charge in [0.1, 0.15) is 0 Å². The first-order valence-electron chi connectivity index (χ1n) is 7.16. The van der Waals surface area contributed by atoms with Crippen molar-refractivity contribution >= 4 is 11.6 Å². The molecule has 1 amide bonds. The minimum absolute atomic E-state index is 0.0343. The van der Waals surface area contributed by atoms with E-state index < -0.39 is 0 Å². The summed E-state index contributed by atoms with van der Waals surface area (Å²) >= 11 is 0. The van der Waals surface area contributed by atoms with Gasteiger partial charge in [-0.05, 0) is 37.5 Å². The summed E-state index contributed by atoms with van der Waals surface area (Å²) in [7, 11) is 0. The van der Waals surface area contributed by atoms with Crippen molar-refractivity contribution in [3.63, 3.8) is 0 Å². The van der Waals surface area contributed by atoms with Crippen LogP contribution in [0.5, 0.6) is 0 Å². The molecule has 1 aliphatic heterocycles. The van der Waals surface area contributed by atoms with Gasteiger partial charge in [0, 0.05) is 12.2 Å². The number of anilines is 1. The number of aryl methyl sites for hydroxylation is 1. The van der Waals surface area contributed by atoms with E-state index in [4.69, 9.17) is 0 Å². The van der Waals surface area contributed by atoms with Gasteiger partial charge in [-0.15, -0.1) is 0 Å². The van der Waals surface area contributed by atoms with Crippen molar-refractivity contribution in [1.29, 1.82) is 0 Å². The highest BCUT2D eigenvalue weighted by Crippen LogP contribution is 2.38. The molecule has 0 saturated carbocycles. The Morgan fingerprint density at radius 3 is 2.65 bits per heavy atom. The molecule has 1 heterocycles. The number of amides is 1. The van der Waals surface area contributed by atoms with E-state index in [1.807, 2.05) is 30.0 Å². The van der Waals surface area contributed by atoms with Crippen LogP contribution < -0.4 is 4.90 Å². The predicted octanol–water partition coefficient (Wildman–Crippen LogP) is 3.69. The number of fused-ring (bicyclic) bond motifs is 1. The van der Waals surface area contributed by atoms with E-state index >= 15 is 0 Å². The highest BCUT2D eigenvalue weighted by Gasteiger charge is 2.35. The van der Waals surface area contributed by atoms with Crippen LogP contribution >= 0.6 is 0 Å². The molecule has 0 spiro atoms. The third-order valence-electron chi connectivity index (χ3n) is 4.01. The van der Waals surface area contributed by atoms with Crippen LogP contribution in [-0.2, 0) is 11.2 Å². The van der Waals surface area contributed by atoms with Crippen LogP contribution in [0.4, 0.5) is 5.69 Å². The molecule has 0 aliphatic carbocycles. The topological polar surface area (TPSA) is 20.3 Å². The molecule has 1 aliphatic rings. The van der Waals surface area contributed by atoms with Gasteiger partial charge in [-0.3, -0.25) is 4.79 Å². The zero-order valence-corrected chi connectivity index (χ0v) is 12.0. The lowest BCUT2D eigenvalue weighted by molar-refractivity contribution is -0.119. The molecule has 1 unspecified atom stereocenters. The molecule has 20 heavy (non-hydrogen) atoms. The summed E-state index contributed by atoms with van der Waals surface area (Å²) in [5.41, 5.74) is 4.73. The lowest BCUT2D eigenvalue weighted by atomic mass is 9.93. The molecule has 1 atom stereocenters. The fourth-order valence-electron chi connectivity index (χ4n) is 3.07. The maximum Gasteiger partial charge on any atom is 0.234 e. The van der Waals surface area contributed by atoms with Gasteiger partial charge in [0.25, 0.3) is 0 Å². The number of carbonyl (C=O) groups is 1. The summed E-state index contributed by atoms with van der Waals surface area (Å²) in [5, 5.41) is 0. The first-order valence-corrected chi connectivity index (χ1v) is 7.16.